The Labute approximate surface area is 168 Å². The standard InChI is InChI=1S/C23H10F2N2O3/c24-16-6-15(7-17(25)9-16)19-8-13-4-5-18(10-22(13)30-23(19)28)29-21-3-1-2-14(11-26)20(21)12-27/h1-10H. The third-order valence-corrected chi connectivity index (χ3v) is 4.37. The molecule has 1 heterocycles. The van der Waals surface area contributed by atoms with Crippen LogP contribution < -0.4 is 10.4 Å². The van der Waals surface area contributed by atoms with E-state index >= 15 is 0 Å². The van der Waals surface area contributed by atoms with Gasteiger partial charge in [0.25, 0.3) is 0 Å². The van der Waals surface area contributed by atoms with Crippen LogP contribution in [-0.4, -0.2) is 0 Å². The van der Waals surface area contributed by atoms with Crippen molar-refractivity contribution in [2.24, 2.45) is 0 Å². The predicted octanol–water partition coefficient (Wildman–Crippen LogP) is 5.27. The van der Waals surface area contributed by atoms with Crippen molar-refractivity contribution < 1.29 is 17.9 Å². The second-order valence-corrected chi connectivity index (χ2v) is 6.31. The third-order valence-electron chi connectivity index (χ3n) is 4.37. The highest BCUT2D eigenvalue weighted by Gasteiger charge is 2.13. The Morgan fingerprint density at radius 3 is 2.37 bits per heavy atom. The van der Waals surface area contributed by atoms with E-state index in [0.29, 0.717) is 11.5 Å². The average Bonchev–Trinajstić information content (AvgIpc) is 2.72. The van der Waals surface area contributed by atoms with Crippen molar-refractivity contribution >= 4 is 11.0 Å². The van der Waals surface area contributed by atoms with E-state index in [1.54, 1.807) is 24.3 Å². The van der Waals surface area contributed by atoms with Crippen LogP contribution in [0.2, 0.25) is 0 Å². The van der Waals surface area contributed by atoms with Gasteiger partial charge in [0, 0.05) is 17.5 Å². The molecule has 4 rings (SSSR count). The van der Waals surface area contributed by atoms with Crippen LogP contribution in [0.5, 0.6) is 11.5 Å². The summed E-state index contributed by atoms with van der Waals surface area (Å²) in [6.07, 6.45) is 0. The van der Waals surface area contributed by atoms with Crippen molar-refractivity contribution in [2.75, 3.05) is 0 Å². The zero-order chi connectivity index (χ0) is 21.3. The molecule has 5 nitrogen and oxygen atoms in total. The Morgan fingerprint density at radius 2 is 1.67 bits per heavy atom. The first-order valence-electron chi connectivity index (χ1n) is 8.64. The number of nitrogens with zero attached hydrogens (tertiary/aromatic N) is 2. The normalized spacial score (nSPS) is 10.4. The maximum atomic E-state index is 13.5. The predicted molar refractivity (Wildman–Crippen MR) is 104 cm³/mol. The van der Waals surface area contributed by atoms with Crippen LogP contribution in [0.15, 0.2) is 69.9 Å². The summed E-state index contributed by atoms with van der Waals surface area (Å²) in [5, 5.41) is 18.9. The zero-order valence-corrected chi connectivity index (χ0v) is 15.1. The number of benzene rings is 3. The molecule has 0 fully saturated rings. The topological polar surface area (TPSA) is 87.0 Å². The highest BCUT2D eigenvalue weighted by atomic mass is 19.1. The van der Waals surface area contributed by atoms with Gasteiger partial charge in [0.05, 0.1) is 11.1 Å². The van der Waals surface area contributed by atoms with Gasteiger partial charge < -0.3 is 9.15 Å². The summed E-state index contributed by atoms with van der Waals surface area (Å²) >= 11 is 0. The minimum atomic E-state index is -0.804. The molecule has 0 aliphatic heterocycles. The quantitative estimate of drug-likeness (QED) is 0.437. The monoisotopic (exact) mass is 400 g/mol. The van der Waals surface area contributed by atoms with Gasteiger partial charge in [-0.1, -0.05) is 6.07 Å². The van der Waals surface area contributed by atoms with Gasteiger partial charge in [-0.05, 0) is 48.0 Å². The summed E-state index contributed by atoms with van der Waals surface area (Å²) < 4.78 is 38.0. The van der Waals surface area contributed by atoms with Gasteiger partial charge in [0.15, 0.2) is 0 Å². The SMILES string of the molecule is N#Cc1cccc(Oc2ccc3cc(-c4cc(F)cc(F)c4)c(=O)oc3c2)c1C#N. The smallest absolute Gasteiger partial charge is 0.344 e. The van der Waals surface area contributed by atoms with Crippen LogP contribution in [0.4, 0.5) is 8.78 Å². The first-order chi connectivity index (χ1) is 14.5. The summed E-state index contributed by atoms with van der Waals surface area (Å²) in [4.78, 5) is 12.4. The van der Waals surface area contributed by atoms with Crippen molar-refractivity contribution in [3.63, 3.8) is 0 Å². The number of ether oxygens (including phenoxy) is 1. The van der Waals surface area contributed by atoms with Gasteiger partial charge in [0.1, 0.15) is 46.4 Å². The molecule has 4 aromatic rings. The Balaban J connectivity index is 1.76. The van der Waals surface area contributed by atoms with Crippen LogP contribution >= 0.6 is 0 Å². The van der Waals surface area contributed by atoms with Crippen molar-refractivity contribution in [1.82, 2.24) is 0 Å². The molecule has 0 aliphatic carbocycles. The first kappa shape index (κ1) is 18.9. The second-order valence-electron chi connectivity index (χ2n) is 6.31. The minimum Gasteiger partial charge on any atom is -0.456 e. The molecule has 30 heavy (non-hydrogen) atoms. The highest BCUT2D eigenvalue weighted by Crippen LogP contribution is 2.30. The summed E-state index contributed by atoms with van der Waals surface area (Å²) in [5.74, 6) is -1.14. The molecule has 0 atom stereocenters. The van der Waals surface area contributed by atoms with Crippen molar-refractivity contribution in [1.29, 1.82) is 10.5 Å². The van der Waals surface area contributed by atoms with Gasteiger partial charge in [0.2, 0.25) is 0 Å². The van der Waals surface area contributed by atoms with Gasteiger partial charge in [-0.2, -0.15) is 10.5 Å². The Morgan fingerprint density at radius 1 is 0.900 bits per heavy atom. The summed E-state index contributed by atoms with van der Waals surface area (Å²) in [7, 11) is 0. The molecule has 0 unspecified atom stereocenters. The number of hydrogen-bond acceptors (Lipinski definition) is 5. The van der Waals surface area contributed by atoms with E-state index in [-0.39, 0.29) is 39.3 Å². The Hall–Kier alpha value is -4.49. The van der Waals surface area contributed by atoms with E-state index < -0.39 is 17.3 Å². The number of fused-ring (bicyclic) bond motifs is 1. The summed E-state index contributed by atoms with van der Waals surface area (Å²) in [5.41, 5.74) is -0.236. The number of rotatable bonds is 3. The maximum absolute atomic E-state index is 13.5. The van der Waals surface area contributed by atoms with E-state index in [1.165, 1.54) is 18.2 Å². The van der Waals surface area contributed by atoms with Gasteiger partial charge in [-0.25, -0.2) is 13.6 Å². The van der Waals surface area contributed by atoms with Crippen molar-refractivity contribution in [2.45, 2.75) is 0 Å². The molecule has 0 spiro atoms. The first-order valence-corrected chi connectivity index (χ1v) is 8.64. The van der Waals surface area contributed by atoms with Crippen LogP contribution in [-0.2, 0) is 0 Å². The lowest BCUT2D eigenvalue weighted by Crippen LogP contribution is -2.03. The van der Waals surface area contributed by atoms with Crippen LogP contribution in [0.25, 0.3) is 22.1 Å². The molecule has 0 radical (unpaired) electrons. The van der Waals surface area contributed by atoms with Gasteiger partial charge >= 0.3 is 5.63 Å². The Bertz CT molecular complexity index is 1430. The largest absolute Gasteiger partial charge is 0.456 e. The molecule has 0 aliphatic rings. The van der Waals surface area contributed by atoms with Gasteiger partial charge in [-0.15, -0.1) is 0 Å². The molecule has 0 saturated carbocycles. The third kappa shape index (κ3) is 3.48. The minimum absolute atomic E-state index is 0.0167. The zero-order valence-electron chi connectivity index (χ0n) is 15.1. The Kier molecular flexibility index (Phi) is 4.71. The molecule has 0 N–H and O–H groups in total. The molecule has 0 amide bonds. The van der Waals surface area contributed by atoms with Crippen LogP contribution in [0.3, 0.4) is 0 Å². The fourth-order valence-electron chi connectivity index (χ4n) is 3.02. The molecule has 3 aromatic carbocycles. The molecule has 1 aromatic heterocycles. The van der Waals surface area contributed by atoms with Crippen LogP contribution in [0, 0.1) is 34.3 Å². The average molecular weight is 400 g/mol. The number of halogens is 2. The molecule has 0 saturated heterocycles. The lowest BCUT2D eigenvalue weighted by molar-refractivity contribution is 0.479. The lowest BCUT2D eigenvalue weighted by Gasteiger charge is -2.09. The van der Waals surface area contributed by atoms with E-state index in [2.05, 4.69) is 0 Å². The van der Waals surface area contributed by atoms with E-state index in [4.69, 9.17) is 14.4 Å². The number of nitriles is 2. The summed E-state index contributed by atoms with van der Waals surface area (Å²) in [6.45, 7) is 0. The molecule has 0 bridgehead atoms. The van der Waals surface area contributed by atoms with E-state index in [9.17, 15) is 18.8 Å². The van der Waals surface area contributed by atoms with Crippen molar-refractivity contribution in [3.8, 4) is 34.8 Å². The molecule has 144 valence electrons. The van der Waals surface area contributed by atoms with Crippen LogP contribution in [0.1, 0.15) is 11.1 Å². The van der Waals surface area contributed by atoms with Crippen molar-refractivity contribution in [3.05, 3.63) is 93.8 Å². The highest BCUT2D eigenvalue weighted by molar-refractivity contribution is 5.83. The van der Waals surface area contributed by atoms with Gasteiger partial charge in [-0.3, -0.25) is 0 Å². The lowest BCUT2D eigenvalue weighted by atomic mass is 10.1. The summed E-state index contributed by atoms with van der Waals surface area (Å²) in [6, 6.07) is 17.4. The molecule has 7 heteroatoms. The fraction of sp³-hybridized carbons (Fsp3) is 0. The number of hydrogen-bond donors (Lipinski definition) is 0. The van der Waals surface area contributed by atoms with E-state index in [1.807, 2.05) is 12.1 Å². The van der Waals surface area contributed by atoms with E-state index in [0.717, 1.165) is 12.1 Å². The molecular weight excluding hydrogens is 390 g/mol. The molecular formula is C23H10F2N2O3. The second kappa shape index (κ2) is 7.50. The fourth-order valence-corrected chi connectivity index (χ4v) is 3.02. The maximum Gasteiger partial charge on any atom is 0.344 e.